The average Bonchev–Trinajstić information content (AvgIpc) is 3.56. The number of halogens is 1. The summed E-state index contributed by atoms with van der Waals surface area (Å²) < 4.78 is 17.8. The number of carbonyl (C=O) groups excluding carboxylic acids is 3. The molecule has 2 atom stereocenters. The standard InChI is InChI=1S/C28H36BrN3O8/c1-27(2,3)39-25(36)31-10-6-8-20(31)23(33)30-17-12-16-13-18(38-22(16)19(29)14-17)15-28(4,5)40-26(37)32-11-7-9-21(32)24(34)35/h12-14,20-21H,6-11,15H2,1-5H3,(H,30,33)(H,34,35)/t20-,21-/m1/s1. The van der Waals surface area contributed by atoms with Crippen LogP contribution in [-0.4, -0.2) is 75.3 Å². The highest BCUT2D eigenvalue weighted by molar-refractivity contribution is 9.10. The number of anilines is 1. The second kappa shape index (κ2) is 11.3. The van der Waals surface area contributed by atoms with Crippen molar-refractivity contribution in [1.29, 1.82) is 0 Å². The molecule has 12 heteroatoms. The van der Waals surface area contributed by atoms with Crippen molar-refractivity contribution in [2.45, 2.75) is 90.0 Å². The molecule has 3 amide bonds. The lowest BCUT2D eigenvalue weighted by molar-refractivity contribution is -0.142. The van der Waals surface area contributed by atoms with Crippen molar-refractivity contribution in [1.82, 2.24) is 9.80 Å². The van der Waals surface area contributed by atoms with Crippen molar-refractivity contribution in [3.8, 4) is 0 Å². The molecule has 1 aromatic heterocycles. The van der Waals surface area contributed by atoms with Gasteiger partial charge in [-0.25, -0.2) is 14.4 Å². The van der Waals surface area contributed by atoms with E-state index in [4.69, 9.17) is 13.9 Å². The van der Waals surface area contributed by atoms with Crippen LogP contribution in [0.15, 0.2) is 27.1 Å². The van der Waals surface area contributed by atoms with Gasteiger partial charge in [0.05, 0.1) is 4.47 Å². The Morgan fingerprint density at radius 2 is 1.57 bits per heavy atom. The van der Waals surface area contributed by atoms with Crippen molar-refractivity contribution in [2.75, 3.05) is 18.4 Å². The number of furan rings is 1. The molecule has 0 radical (unpaired) electrons. The zero-order chi connectivity index (χ0) is 29.4. The summed E-state index contributed by atoms with van der Waals surface area (Å²) in [5.74, 6) is -0.782. The van der Waals surface area contributed by atoms with E-state index >= 15 is 0 Å². The molecule has 2 saturated heterocycles. The van der Waals surface area contributed by atoms with Crippen molar-refractivity contribution < 1.29 is 38.2 Å². The van der Waals surface area contributed by atoms with E-state index in [0.29, 0.717) is 60.3 Å². The number of ether oxygens (including phenoxy) is 2. The zero-order valence-corrected chi connectivity index (χ0v) is 25.0. The van der Waals surface area contributed by atoms with Crippen molar-refractivity contribution in [2.24, 2.45) is 0 Å². The van der Waals surface area contributed by atoms with Crippen LogP contribution in [0.5, 0.6) is 0 Å². The van der Waals surface area contributed by atoms with E-state index in [1.54, 1.807) is 46.8 Å². The number of fused-ring (bicyclic) bond motifs is 1. The van der Waals surface area contributed by atoms with Crippen molar-refractivity contribution in [3.63, 3.8) is 0 Å². The number of amides is 3. The number of nitrogens with zero attached hydrogens (tertiary/aromatic N) is 2. The van der Waals surface area contributed by atoms with E-state index in [2.05, 4.69) is 21.2 Å². The fraction of sp³-hybridized carbons (Fsp3) is 0.571. The lowest BCUT2D eigenvalue weighted by Gasteiger charge is -2.29. The molecule has 0 saturated carbocycles. The summed E-state index contributed by atoms with van der Waals surface area (Å²) in [5, 5.41) is 13.0. The molecule has 2 N–H and O–H groups in total. The van der Waals surface area contributed by atoms with E-state index in [1.807, 2.05) is 6.07 Å². The molecule has 11 nitrogen and oxygen atoms in total. The summed E-state index contributed by atoms with van der Waals surface area (Å²) in [4.78, 5) is 52.6. The Balaban J connectivity index is 1.44. The van der Waals surface area contributed by atoms with Gasteiger partial charge >= 0.3 is 18.2 Å². The van der Waals surface area contributed by atoms with Gasteiger partial charge in [0.1, 0.15) is 34.6 Å². The number of carboxylic acids is 1. The van der Waals surface area contributed by atoms with Crippen LogP contribution in [0.2, 0.25) is 0 Å². The Morgan fingerprint density at radius 3 is 2.20 bits per heavy atom. The SMILES string of the molecule is CC(C)(C)OC(=O)N1CCC[C@@H]1C(=O)Nc1cc(Br)c2oc(CC(C)(C)OC(=O)N3CCC[C@@H]3C(=O)O)cc2c1. The predicted octanol–water partition coefficient (Wildman–Crippen LogP) is 5.54. The Bertz CT molecular complexity index is 1310. The van der Waals surface area contributed by atoms with E-state index in [9.17, 15) is 24.3 Å². The molecule has 0 bridgehead atoms. The number of benzene rings is 1. The lowest BCUT2D eigenvalue weighted by Crippen LogP contribution is -2.45. The number of hydrogen-bond donors (Lipinski definition) is 2. The largest absolute Gasteiger partial charge is 0.480 e. The summed E-state index contributed by atoms with van der Waals surface area (Å²) in [6.07, 6.45) is 1.35. The van der Waals surface area contributed by atoms with Crippen LogP contribution >= 0.6 is 15.9 Å². The van der Waals surface area contributed by atoms with Gasteiger partial charge < -0.3 is 24.3 Å². The summed E-state index contributed by atoms with van der Waals surface area (Å²) >= 11 is 3.51. The number of carbonyl (C=O) groups is 4. The maximum Gasteiger partial charge on any atom is 0.411 e. The molecule has 2 aromatic rings. The Morgan fingerprint density at radius 1 is 0.975 bits per heavy atom. The fourth-order valence-corrected chi connectivity index (χ4v) is 5.68. The zero-order valence-electron chi connectivity index (χ0n) is 23.4. The molecule has 4 rings (SSSR count). The summed E-state index contributed by atoms with van der Waals surface area (Å²) in [7, 11) is 0. The van der Waals surface area contributed by atoms with Crippen LogP contribution in [0.25, 0.3) is 11.0 Å². The lowest BCUT2D eigenvalue weighted by atomic mass is 10.0. The van der Waals surface area contributed by atoms with Gasteiger partial charge in [0.15, 0.2) is 0 Å². The van der Waals surface area contributed by atoms with Crippen LogP contribution in [0.3, 0.4) is 0 Å². The Hall–Kier alpha value is -3.28. The first-order chi connectivity index (χ1) is 18.6. The van der Waals surface area contributed by atoms with Gasteiger partial charge in [-0.1, -0.05) is 0 Å². The van der Waals surface area contributed by atoms with Gasteiger partial charge in [-0.15, -0.1) is 0 Å². The first-order valence-electron chi connectivity index (χ1n) is 13.4. The summed E-state index contributed by atoms with van der Waals surface area (Å²) in [6, 6.07) is 3.81. The van der Waals surface area contributed by atoms with E-state index in [1.165, 1.54) is 9.80 Å². The number of nitrogens with one attached hydrogen (secondary N) is 1. The molecule has 40 heavy (non-hydrogen) atoms. The van der Waals surface area contributed by atoms with E-state index < -0.39 is 41.4 Å². The van der Waals surface area contributed by atoms with Gasteiger partial charge in [0.25, 0.3) is 0 Å². The van der Waals surface area contributed by atoms with Gasteiger partial charge in [-0.05, 0) is 94.4 Å². The highest BCUT2D eigenvalue weighted by Gasteiger charge is 2.38. The molecular weight excluding hydrogens is 586 g/mol. The number of likely N-dealkylation sites (tertiary alicyclic amines) is 2. The first-order valence-corrected chi connectivity index (χ1v) is 14.2. The van der Waals surface area contributed by atoms with Gasteiger partial charge in [-0.3, -0.25) is 14.6 Å². The molecule has 0 aliphatic carbocycles. The molecule has 2 aliphatic heterocycles. The van der Waals surface area contributed by atoms with Crippen LogP contribution in [0, 0.1) is 0 Å². The third kappa shape index (κ3) is 6.89. The van der Waals surface area contributed by atoms with E-state index in [0.717, 1.165) is 5.39 Å². The third-order valence-electron chi connectivity index (χ3n) is 6.81. The molecule has 2 fully saturated rings. The topological polar surface area (TPSA) is 139 Å². The number of carboxylic acid groups (broad SMARTS) is 1. The van der Waals surface area contributed by atoms with Crippen molar-refractivity contribution in [3.05, 3.63) is 28.4 Å². The van der Waals surface area contributed by atoms with Gasteiger partial charge in [0, 0.05) is 30.6 Å². The quantitative estimate of drug-likeness (QED) is 0.428. The molecule has 0 unspecified atom stereocenters. The molecule has 0 spiro atoms. The molecule has 218 valence electrons. The highest BCUT2D eigenvalue weighted by Crippen LogP contribution is 2.33. The minimum atomic E-state index is -1.04. The smallest absolute Gasteiger partial charge is 0.411 e. The number of hydrogen-bond acceptors (Lipinski definition) is 7. The normalized spacial score (nSPS) is 19.6. The molecular formula is C28H36BrN3O8. The summed E-state index contributed by atoms with van der Waals surface area (Å²) in [6.45, 7) is 9.63. The maximum atomic E-state index is 13.1. The number of rotatable bonds is 6. The second-order valence-electron chi connectivity index (χ2n) is 11.9. The van der Waals surface area contributed by atoms with Gasteiger partial charge in [0.2, 0.25) is 5.91 Å². The molecule has 1 aromatic carbocycles. The van der Waals surface area contributed by atoms with Crippen molar-refractivity contribution >= 4 is 56.6 Å². The van der Waals surface area contributed by atoms with Crippen LogP contribution in [0.4, 0.5) is 15.3 Å². The van der Waals surface area contributed by atoms with Crippen LogP contribution < -0.4 is 5.32 Å². The minimum Gasteiger partial charge on any atom is -0.480 e. The Kier molecular flexibility index (Phi) is 8.39. The van der Waals surface area contributed by atoms with Crippen LogP contribution in [-0.2, 0) is 25.5 Å². The number of aliphatic carboxylic acids is 1. The highest BCUT2D eigenvalue weighted by atomic mass is 79.9. The Labute approximate surface area is 241 Å². The van der Waals surface area contributed by atoms with Gasteiger partial charge in [-0.2, -0.15) is 0 Å². The van der Waals surface area contributed by atoms with E-state index in [-0.39, 0.29) is 12.3 Å². The minimum absolute atomic E-state index is 0.250. The second-order valence-corrected chi connectivity index (χ2v) is 12.8. The summed E-state index contributed by atoms with van der Waals surface area (Å²) in [5.41, 5.74) is -0.519. The van der Waals surface area contributed by atoms with Crippen LogP contribution in [0.1, 0.15) is 66.1 Å². The third-order valence-corrected chi connectivity index (χ3v) is 7.40. The molecule has 3 heterocycles. The first kappa shape index (κ1) is 29.7. The predicted molar refractivity (Wildman–Crippen MR) is 150 cm³/mol. The fourth-order valence-electron chi connectivity index (χ4n) is 5.12. The maximum absolute atomic E-state index is 13.1. The molecule has 2 aliphatic rings. The monoisotopic (exact) mass is 621 g/mol. The average molecular weight is 623 g/mol.